The SMILES string of the molecule is Cc1nc2c(cc(OCC(=O)NCc3ccc(-n4cnc5ccccc54)nc3)c3ccsc32)s1. The lowest BCUT2D eigenvalue weighted by atomic mass is 10.2. The summed E-state index contributed by atoms with van der Waals surface area (Å²) in [5.41, 5.74) is 3.83. The van der Waals surface area contributed by atoms with Gasteiger partial charge in [-0.05, 0) is 42.1 Å². The van der Waals surface area contributed by atoms with Crippen molar-refractivity contribution < 1.29 is 9.53 Å². The predicted octanol–water partition coefficient (Wildman–Crippen LogP) is 5.25. The lowest BCUT2D eigenvalue weighted by Crippen LogP contribution is -2.28. The molecule has 0 saturated heterocycles. The Morgan fingerprint density at radius 3 is 2.94 bits per heavy atom. The number of amides is 1. The molecule has 0 saturated carbocycles. The number of ether oxygens (including phenoxy) is 1. The summed E-state index contributed by atoms with van der Waals surface area (Å²) in [5, 5.41) is 6.93. The van der Waals surface area contributed by atoms with Crippen molar-refractivity contribution in [3.63, 3.8) is 0 Å². The Morgan fingerprint density at radius 1 is 1.15 bits per heavy atom. The molecule has 0 aliphatic carbocycles. The number of pyridine rings is 1. The summed E-state index contributed by atoms with van der Waals surface area (Å²) >= 11 is 3.27. The summed E-state index contributed by atoms with van der Waals surface area (Å²) in [7, 11) is 0. The summed E-state index contributed by atoms with van der Waals surface area (Å²) in [4.78, 5) is 26.0. The number of carbonyl (C=O) groups excluding carboxylic acids is 1. The van der Waals surface area contributed by atoms with E-state index in [1.165, 1.54) is 0 Å². The van der Waals surface area contributed by atoms with Gasteiger partial charge in [-0.25, -0.2) is 15.0 Å². The number of imidazole rings is 1. The second-order valence-corrected chi connectivity index (χ2v) is 9.96. The highest BCUT2D eigenvalue weighted by Crippen LogP contribution is 2.38. The average molecular weight is 486 g/mol. The van der Waals surface area contributed by atoms with Crippen LogP contribution < -0.4 is 10.1 Å². The number of thiophene rings is 1. The van der Waals surface area contributed by atoms with E-state index in [9.17, 15) is 4.79 Å². The molecule has 4 aromatic heterocycles. The molecule has 0 atom stereocenters. The minimum atomic E-state index is -0.186. The molecule has 7 nitrogen and oxygen atoms in total. The van der Waals surface area contributed by atoms with Crippen LogP contribution in [0.25, 0.3) is 37.2 Å². The third-order valence-electron chi connectivity index (χ3n) is 5.53. The number of rotatable bonds is 6. The molecule has 0 unspecified atom stereocenters. The fraction of sp³-hybridized carbons (Fsp3) is 0.120. The quantitative estimate of drug-likeness (QED) is 0.349. The second-order valence-electron chi connectivity index (χ2n) is 7.81. The fourth-order valence-electron chi connectivity index (χ4n) is 3.91. The average Bonchev–Trinajstić information content (AvgIpc) is 3.59. The van der Waals surface area contributed by atoms with E-state index in [-0.39, 0.29) is 12.5 Å². The van der Waals surface area contributed by atoms with Gasteiger partial charge in [-0.3, -0.25) is 9.36 Å². The normalized spacial score (nSPS) is 11.4. The zero-order valence-electron chi connectivity index (χ0n) is 18.2. The number of hydrogen-bond donors (Lipinski definition) is 1. The number of aryl methyl sites for hydroxylation is 1. The molecule has 0 aliphatic heterocycles. The van der Waals surface area contributed by atoms with Crippen LogP contribution in [0.5, 0.6) is 5.75 Å². The third kappa shape index (κ3) is 3.78. The van der Waals surface area contributed by atoms with Crippen molar-refractivity contribution in [3.8, 4) is 11.6 Å². The van der Waals surface area contributed by atoms with Gasteiger partial charge in [0.25, 0.3) is 5.91 Å². The standard InChI is InChI=1S/C25H19N5O2S2/c1-15-29-24-21(34-15)10-20(17-8-9-33-25(17)24)32-13-23(31)27-12-16-6-7-22(26-11-16)30-14-28-18-4-2-3-5-19(18)30/h2-11,14H,12-13H2,1H3,(H,27,31). The highest BCUT2D eigenvalue weighted by atomic mass is 32.1. The molecular formula is C25H19N5O2S2. The van der Waals surface area contributed by atoms with Crippen molar-refractivity contribution in [1.82, 2.24) is 24.8 Å². The smallest absolute Gasteiger partial charge is 0.258 e. The van der Waals surface area contributed by atoms with Crippen LogP contribution in [-0.2, 0) is 11.3 Å². The predicted molar refractivity (Wildman–Crippen MR) is 136 cm³/mol. The maximum Gasteiger partial charge on any atom is 0.258 e. The van der Waals surface area contributed by atoms with Crippen LogP contribution in [0.3, 0.4) is 0 Å². The van der Waals surface area contributed by atoms with Crippen molar-refractivity contribution in [2.24, 2.45) is 0 Å². The number of nitrogens with one attached hydrogen (secondary N) is 1. The molecule has 168 valence electrons. The van der Waals surface area contributed by atoms with Crippen molar-refractivity contribution in [1.29, 1.82) is 0 Å². The molecule has 6 aromatic rings. The second kappa shape index (κ2) is 8.51. The number of carbonyl (C=O) groups is 1. The van der Waals surface area contributed by atoms with Crippen LogP contribution in [0.1, 0.15) is 10.6 Å². The maximum absolute atomic E-state index is 12.5. The summed E-state index contributed by atoms with van der Waals surface area (Å²) in [6.07, 6.45) is 3.53. The van der Waals surface area contributed by atoms with Gasteiger partial charge in [0, 0.05) is 24.2 Å². The zero-order valence-corrected chi connectivity index (χ0v) is 19.8. The van der Waals surface area contributed by atoms with Gasteiger partial charge in [0.05, 0.1) is 31.0 Å². The number of thiazole rings is 1. The number of fused-ring (bicyclic) bond motifs is 4. The molecule has 0 spiro atoms. The van der Waals surface area contributed by atoms with Crippen molar-refractivity contribution >= 4 is 59.9 Å². The van der Waals surface area contributed by atoms with Gasteiger partial charge in [0.15, 0.2) is 6.61 Å². The van der Waals surface area contributed by atoms with E-state index in [1.54, 1.807) is 35.2 Å². The van der Waals surface area contributed by atoms with Gasteiger partial charge < -0.3 is 10.1 Å². The van der Waals surface area contributed by atoms with E-state index < -0.39 is 0 Å². The van der Waals surface area contributed by atoms with Gasteiger partial charge in [0.1, 0.15) is 17.9 Å². The summed E-state index contributed by atoms with van der Waals surface area (Å²) in [6, 6.07) is 15.8. The molecule has 0 aliphatic rings. The number of aromatic nitrogens is 4. The highest BCUT2D eigenvalue weighted by Gasteiger charge is 2.14. The highest BCUT2D eigenvalue weighted by molar-refractivity contribution is 7.21. The summed E-state index contributed by atoms with van der Waals surface area (Å²) < 4.78 is 10.0. The maximum atomic E-state index is 12.5. The van der Waals surface area contributed by atoms with Crippen molar-refractivity contribution in [2.75, 3.05) is 6.61 Å². The van der Waals surface area contributed by atoms with Gasteiger partial charge in [-0.1, -0.05) is 18.2 Å². The van der Waals surface area contributed by atoms with Crippen molar-refractivity contribution in [3.05, 3.63) is 77.0 Å². The minimum absolute atomic E-state index is 0.0548. The molecule has 0 radical (unpaired) electrons. The summed E-state index contributed by atoms with van der Waals surface area (Å²) in [6.45, 7) is 2.32. The molecule has 4 heterocycles. The van der Waals surface area contributed by atoms with E-state index in [0.717, 1.165) is 47.7 Å². The molecule has 9 heteroatoms. The van der Waals surface area contributed by atoms with E-state index in [2.05, 4.69) is 20.3 Å². The lowest BCUT2D eigenvalue weighted by Gasteiger charge is -2.09. The first-order chi connectivity index (χ1) is 16.7. The first-order valence-electron chi connectivity index (χ1n) is 10.7. The number of para-hydroxylation sites is 2. The molecule has 0 bridgehead atoms. The fourth-order valence-corrected chi connectivity index (χ4v) is 5.74. The monoisotopic (exact) mass is 485 g/mol. The van der Waals surface area contributed by atoms with Gasteiger partial charge >= 0.3 is 0 Å². The van der Waals surface area contributed by atoms with Crippen LogP contribution in [-0.4, -0.2) is 32.0 Å². The van der Waals surface area contributed by atoms with Crippen molar-refractivity contribution in [2.45, 2.75) is 13.5 Å². The van der Waals surface area contributed by atoms with Crippen LogP contribution in [0.2, 0.25) is 0 Å². The Balaban J connectivity index is 1.10. The molecule has 2 aromatic carbocycles. The Bertz CT molecular complexity index is 1650. The Morgan fingerprint density at radius 2 is 2.06 bits per heavy atom. The molecule has 6 rings (SSSR count). The third-order valence-corrected chi connectivity index (χ3v) is 7.37. The van der Waals surface area contributed by atoms with E-state index in [0.29, 0.717) is 12.3 Å². The largest absolute Gasteiger partial charge is 0.483 e. The topological polar surface area (TPSA) is 81.9 Å². The summed E-state index contributed by atoms with van der Waals surface area (Å²) in [5.74, 6) is 1.30. The first-order valence-corrected chi connectivity index (χ1v) is 12.4. The van der Waals surface area contributed by atoms with E-state index in [1.807, 2.05) is 65.4 Å². The molecule has 1 amide bonds. The van der Waals surface area contributed by atoms with Crippen LogP contribution >= 0.6 is 22.7 Å². The number of benzene rings is 2. The minimum Gasteiger partial charge on any atom is -0.483 e. The van der Waals surface area contributed by atoms with Crippen LogP contribution in [0, 0.1) is 6.92 Å². The van der Waals surface area contributed by atoms with Gasteiger partial charge in [-0.2, -0.15) is 0 Å². The number of hydrogen-bond acceptors (Lipinski definition) is 7. The van der Waals surface area contributed by atoms with E-state index >= 15 is 0 Å². The van der Waals surface area contributed by atoms with Crippen LogP contribution in [0.15, 0.2) is 66.4 Å². The van der Waals surface area contributed by atoms with Gasteiger partial charge in [-0.15, -0.1) is 22.7 Å². The zero-order chi connectivity index (χ0) is 23.1. The molecule has 0 fully saturated rings. The van der Waals surface area contributed by atoms with Crippen LogP contribution in [0.4, 0.5) is 0 Å². The first kappa shape index (κ1) is 20.8. The Kier molecular flexibility index (Phi) is 5.20. The molecular weight excluding hydrogens is 466 g/mol. The molecule has 1 N–H and O–H groups in total. The number of nitrogens with zero attached hydrogens (tertiary/aromatic N) is 4. The molecule has 34 heavy (non-hydrogen) atoms. The lowest BCUT2D eigenvalue weighted by molar-refractivity contribution is -0.123. The Hall–Kier alpha value is -3.82. The van der Waals surface area contributed by atoms with E-state index in [4.69, 9.17) is 4.74 Å². The Labute approximate surface area is 202 Å². The van der Waals surface area contributed by atoms with Gasteiger partial charge in [0.2, 0.25) is 0 Å².